The lowest BCUT2D eigenvalue weighted by Gasteiger charge is -2.38. The molecule has 0 radical (unpaired) electrons. The summed E-state index contributed by atoms with van der Waals surface area (Å²) in [5.74, 6) is 1.50. The van der Waals surface area contributed by atoms with E-state index in [1.807, 2.05) is 13.8 Å². The van der Waals surface area contributed by atoms with E-state index in [2.05, 4.69) is 20.8 Å². The first-order valence-electron chi connectivity index (χ1n) is 13.4. The topological polar surface area (TPSA) is 29.5 Å². The van der Waals surface area contributed by atoms with Gasteiger partial charge >= 0.3 is 0 Å². The number of ether oxygens (including phenoxy) is 1. The molecular formula is C29H50O2. The molecule has 1 aliphatic heterocycles. The third-order valence-corrected chi connectivity index (χ3v) is 7.65. The van der Waals surface area contributed by atoms with Gasteiger partial charge in [-0.2, -0.15) is 0 Å². The minimum absolute atomic E-state index is 0.0509. The number of hydrogen-bond acceptors (Lipinski definition) is 2. The molecule has 0 saturated carbocycles. The van der Waals surface area contributed by atoms with Gasteiger partial charge in [0.05, 0.1) is 0 Å². The van der Waals surface area contributed by atoms with Gasteiger partial charge in [-0.15, -0.1) is 0 Å². The standard InChI is InChI=1S/C29H50O2/c1-6-7-8-9-10-11-12-13-14-15-16-17-18-19-21-29(5)22-20-26-25(4)27(30)23(2)24(3)28(26)31-29/h30H,6-22H2,1-5H3. The van der Waals surface area contributed by atoms with Gasteiger partial charge in [0.2, 0.25) is 0 Å². The van der Waals surface area contributed by atoms with Crippen molar-refractivity contribution in [2.45, 2.75) is 149 Å². The van der Waals surface area contributed by atoms with Gasteiger partial charge in [0, 0.05) is 5.56 Å². The molecule has 2 rings (SSSR count). The zero-order valence-electron chi connectivity index (χ0n) is 21.4. The second kappa shape index (κ2) is 13.4. The summed E-state index contributed by atoms with van der Waals surface area (Å²) < 4.78 is 6.57. The van der Waals surface area contributed by atoms with Gasteiger partial charge in [0.1, 0.15) is 17.1 Å². The van der Waals surface area contributed by atoms with E-state index >= 15 is 0 Å². The van der Waals surface area contributed by atoms with Crippen LogP contribution in [-0.2, 0) is 6.42 Å². The summed E-state index contributed by atoms with van der Waals surface area (Å²) in [5.41, 5.74) is 4.27. The zero-order chi connectivity index (χ0) is 22.7. The third-order valence-electron chi connectivity index (χ3n) is 7.65. The maximum atomic E-state index is 10.4. The van der Waals surface area contributed by atoms with Crippen molar-refractivity contribution in [3.8, 4) is 11.5 Å². The summed E-state index contributed by atoms with van der Waals surface area (Å²) in [6, 6.07) is 0. The lowest BCUT2D eigenvalue weighted by molar-refractivity contribution is 0.0521. The fourth-order valence-corrected chi connectivity index (χ4v) is 5.16. The average molecular weight is 431 g/mol. The first-order valence-corrected chi connectivity index (χ1v) is 13.4. The molecule has 0 aliphatic carbocycles. The molecule has 1 aliphatic rings. The lowest BCUT2D eigenvalue weighted by atomic mass is 9.84. The van der Waals surface area contributed by atoms with Gasteiger partial charge in [0.25, 0.3) is 0 Å². The molecular weight excluding hydrogens is 380 g/mol. The predicted octanol–water partition coefficient (Wildman–Crippen LogP) is 9.27. The first kappa shape index (κ1) is 26.1. The molecule has 1 aromatic rings. The van der Waals surface area contributed by atoms with Crippen LogP contribution < -0.4 is 4.74 Å². The Kier molecular flexibility index (Phi) is 11.3. The van der Waals surface area contributed by atoms with Crippen LogP contribution in [-0.4, -0.2) is 10.7 Å². The van der Waals surface area contributed by atoms with Crippen LogP contribution >= 0.6 is 0 Å². The van der Waals surface area contributed by atoms with Gasteiger partial charge in [-0.05, 0) is 70.1 Å². The second-order valence-electron chi connectivity index (χ2n) is 10.4. The molecule has 0 aromatic heterocycles. The van der Waals surface area contributed by atoms with Crippen molar-refractivity contribution in [1.29, 1.82) is 0 Å². The Hall–Kier alpha value is -1.18. The first-order chi connectivity index (χ1) is 14.9. The van der Waals surface area contributed by atoms with Gasteiger partial charge in [0.15, 0.2) is 0 Å². The molecule has 2 heteroatoms. The lowest BCUT2D eigenvalue weighted by Crippen LogP contribution is -2.37. The maximum Gasteiger partial charge on any atom is 0.127 e. The number of rotatable bonds is 15. The molecule has 178 valence electrons. The minimum atomic E-state index is -0.0509. The Morgan fingerprint density at radius 3 is 1.71 bits per heavy atom. The van der Waals surface area contributed by atoms with Crippen molar-refractivity contribution in [2.75, 3.05) is 0 Å². The molecule has 1 heterocycles. The molecule has 1 aromatic carbocycles. The molecule has 0 amide bonds. The molecule has 1 N–H and O–H groups in total. The van der Waals surface area contributed by atoms with E-state index in [0.717, 1.165) is 41.7 Å². The molecule has 0 bridgehead atoms. The van der Waals surface area contributed by atoms with Gasteiger partial charge in [-0.1, -0.05) is 90.4 Å². The number of unbranched alkanes of at least 4 members (excludes halogenated alkanes) is 13. The van der Waals surface area contributed by atoms with Crippen molar-refractivity contribution < 1.29 is 9.84 Å². The quantitative estimate of drug-likeness (QED) is 0.281. The summed E-state index contributed by atoms with van der Waals surface area (Å²) in [7, 11) is 0. The molecule has 1 atom stereocenters. The van der Waals surface area contributed by atoms with Gasteiger partial charge in [-0.3, -0.25) is 0 Å². The molecule has 2 nitrogen and oxygen atoms in total. The third kappa shape index (κ3) is 8.03. The van der Waals surface area contributed by atoms with Crippen LogP contribution in [0.2, 0.25) is 0 Å². The highest BCUT2D eigenvalue weighted by atomic mass is 16.5. The van der Waals surface area contributed by atoms with Crippen molar-refractivity contribution in [2.24, 2.45) is 0 Å². The minimum Gasteiger partial charge on any atom is -0.507 e. The molecule has 0 saturated heterocycles. The van der Waals surface area contributed by atoms with E-state index in [-0.39, 0.29) is 5.60 Å². The largest absolute Gasteiger partial charge is 0.507 e. The van der Waals surface area contributed by atoms with E-state index < -0.39 is 0 Å². The van der Waals surface area contributed by atoms with Gasteiger partial charge < -0.3 is 9.84 Å². The number of phenols is 1. The molecule has 0 spiro atoms. The highest BCUT2D eigenvalue weighted by Gasteiger charge is 2.34. The molecule has 1 unspecified atom stereocenters. The van der Waals surface area contributed by atoms with Crippen molar-refractivity contribution in [3.63, 3.8) is 0 Å². The van der Waals surface area contributed by atoms with Crippen LogP contribution in [0.3, 0.4) is 0 Å². The Bertz CT molecular complexity index is 663. The maximum absolute atomic E-state index is 10.4. The number of benzene rings is 1. The smallest absolute Gasteiger partial charge is 0.127 e. The van der Waals surface area contributed by atoms with Crippen LogP contribution in [0.25, 0.3) is 0 Å². The Labute approximate surface area is 193 Å². The number of aromatic hydroxyl groups is 1. The summed E-state index contributed by atoms with van der Waals surface area (Å²) in [6.07, 6.45) is 22.9. The van der Waals surface area contributed by atoms with Crippen molar-refractivity contribution >= 4 is 0 Å². The average Bonchev–Trinajstić information content (AvgIpc) is 2.76. The van der Waals surface area contributed by atoms with E-state index in [1.165, 1.54) is 95.5 Å². The fraction of sp³-hybridized carbons (Fsp3) is 0.793. The van der Waals surface area contributed by atoms with Crippen LogP contribution in [0.5, 0.6) is 11.5 Å². The normalized spacial score (nSPS) is 18.1. The molecule has 31 heavy (non-hydrogen) atoms. The SMILES string of the molecule is CCCCCCCCCCCCCCCCC1(C)CCc2c(C)c(O)c(C)c(C)c2O1. The van der Waals surface area contributed by atoms with E-state index in [0.29, 0.717) is 5.75 Å². The summed E-state index contributed by atoms with van der Waals surface area (Å²) in [6.45, 7) is 10.7. The monoisotopic (exact) mass is 430 g/mol. The number of fused-ring (bicyclic) bond motifs is 1. The van der Waals surface area contributed by atoms with E-state index in [1.54, 1.807) is 0 Å². The number of hydrogen-bond donors (Lipinski definition) is 1. The van der Waals surface area contributed by atoms with Gasteiger partial charge in [-0.25, -0.2) is 0 Å². The Balaban J connectivity index is 1.57. The van der Waals surface area contributed by atoms with Crippen molar-refractivity contribution in [3.05, 3.63) is 22.3 Å². The Morgan fingerprint density at radius 2 is 1.19 bits per heavy atom. The summed E-state index contributed by atoms with van der Waals surface area (Å²) in [5, 5.41) is 10.4. The Morgan fingerprint density at radius 1 is 0.710 bits per heavy atom. The van der Waals surface area contributed by atoms with Crippen molar-refractivity contribution in [1.82, 2.24) is 0 Å². The highest BCUT2D eigenvalue weighted by Crippen LogP contribution is 2.44. The highest BCUT2D eigenvalue weighted by molar-refractivity contribution is 5.58. The summed E-state index contributed by atoms with van der Waals surface area (Å²) in [4.78, 5) is 0. The second-order valence-corrected chi connectivity index (χ2v) is 10.4. The van der Waals surface area contributed by atoms with E-state index in [4.69, 9.17) is 4.74 Å². The van der Waals surface area contributed by atoms with E-state index in [9.17, 15) is 5.11 Å². The van der Waals surface area contributed by atoms with Crippen LogP contribution in [0.1, 0.15) is 139 Å². The zero-order valence-corrected chi connectivity index (χ0v) is 21.4. The van der Waals surface area contributed by atoms with Crippen LogP contribution in [0.4, 0.5) is 0 Å². The summed E-state index contributed by atoms with van der Waals surface area (Å²) >= 11 is 0. The fourth-order valence-electron chi connectivity index (χ4n) is 5.16. The molecule has 0 fully saturated rings. The van der Waals surface area contributed by atoms with Crippen LogP contribution in [0.15, 0.2) is 0 Å². The van der Waals surface area contributed by atoms with Crippen LogP contribution in [0, 0.1) is 20.8 Å². The number of phenolic OH excluding ortho intramolecular Hbond substituents is 1. The predicted molar refractivity (Wildman–Crippen MR) is 135 cm³/mol.